The van der Waals surface area contributed by atoms with Gasteiger partial charge in [-0.2, -0.15) is 0 Å². The van der Waals surface area contributed by atoms with E-state index >= 15 is 0 Å². The van der Waals surface area contributed by atoms with Gasteiger partial charge in [-0.25, -0.2) is 0 Å². The molecule has 3 nitrogen and oxygen atoms in total. The second-order valence-electron chi connectivity index (χ2n) is 3.43. The molecule has 1 aliphatic heterocycles. The highest BCUT2D eigenvalue weighted by atomic mass is 16.5. The van der Waals surface area contributed by atoms with Crippen molar-refractivity contribution in [3.05, 3.63) is 0 Å². The number of hydrogen-bond acceptors (Lipinski definition) is 3. The molecule has 0 radical (unpaired) electrons. The Bertz CT molecular complexity index is 111. The Labute approximate surface area is 74.9 Å². The molecule has 0 amide bonds. The van der Waals surface area contributed by atoms with Gasteiger partial charge in [0, 0.05) is 32.3 Å². The Morgan fingerprint density at radius 3 is 3.00 bits per heavy atom. The summed E-state index contributed by atoms with van der Waals surface area (Å²) in [5.41, 5.74) is 5.87. The largest absolute Gasteiger partial charge is 0.380 e. The minimum atomic E-state index is 0.336. The Morgan fingerprint density at radius 2 is 2.25 bits per heavy atom. The van der Waals surface area contributed by atoms with Gasteiger partial charge in [-0.05, 0) is 12.8 Å². The number of nitrogens with zero attached hydrogens (tertiary/aromatic N) is 1. The van der Waals surface area contributed by atoms with Crippen LogP contribution < -0.4 is 5.73 Å². The van der Waals surface area contributed by atoms with Crippen LogP contribution in [0.25, 0.3) is 0 Å². The van der Waals surface area contributed by atoms with Gasteiger partial charge >= 0.3 is 0 Å². The molecule has 1 atom stereocenters. The van der Waals surface area contributed by atoms with Gasteiger partial charge in [-0.15, -0.1) is 0 Å². The summed E-state index contributed by atoms with van der Waals surface area (Å²) in [6.07, 6.45) is 2.22. The molecule has 0 unspecified atom stereocenters. The van der Waals surface area contributed by atoms with Crippen LogP contribution in [0.1, 0.15) is 19.8 Å². The first-order chi connectivity index (χ1) is 5.83. The van der Waals surface area contributed by atoms with Gasteiger partial charge in [0.15, 0.2) is 0 Å². The lowest BCUT2D eigenvalue weighted by Gasteiger charge is -2.22. The average Bonchev–Trinajstić information content (AvgIpc) is 2.33. The zero-order valence-corrected chi connectivity index (χ0v) is 7.96. The molecule has 1 aliphatic rings. The summed E-state index contributed by atoms with van der Waals surface area (Å²) < 4.78 is 5.36. The first-order valence-electron chi connectivity index (χ1n) is 4.88. The Balaban J connectivity index is 2.20. The molecule has 2 N–H and O–H groups in total. The third-order valence-corrected chi connectivity index (χ3v) is 2.33. The lowest BCUT2D eigenvalue weighted by Crippen LogP contribution is -2.38. The zero-order chi connectivity index (χ0) is 8.81. The molecule has 0 spiro atoms. The highest BCUT2D eigenvalue weighted by Crippen LogP contribution is 2.00. The van der Waals surface area contributed by atoms with E-state index < -0.39 is 0 Å². The van der Waals surface area contributed by atoms with Crippen molar-refractivity contribution in [2.24, 2.45) is 5.73 Å². The summed E-state index contributed by atoms with van der Waals surface area (Å²) in [6.45, 7) is 7.15. The molecule has 1 heterocycles. The summed E-state index contributed by atoms with van der Waals surface area (Å²) in [6, 6.07) is 0.336. The summed E-state index contributed by atoms with van der Waals surface area (Å²) in [7, 11) is 0. The molecule has 1 saturated heterocycles. The molecular weight excluding hydrogens is 152 g/mol. The van der Waals surface area contributed by atoms with Crippen molar-refractivity contribution in [1.29, 1.82) is 0 Å². The average molecular weight is 172 g/mol. The van der Waals surface area contributed by atoms with E-state index in [1.54, 1.807) is 0 Å². The zero-order valence-electron chi connectivity index (χ0n) is 7.96. The van der Waals surface area contributed by atoms with E-state index in [1.165, 1.54) is 0 Å². The molecule has 0 bridgehead atoms. The number of ether oxygens (including phenoxy) is 1. The van der Waals surface area contributed by atoms with Gasteiger partial charge in [0.1, 0.15) is 0 Å². The number of hydrogen-bond donors (Lipinski definition) is 1. The van der Waals surface area contributed by atoms with E-state index in [1.807, 2.05) is 0 Å². The maximum Gasteiger partial charge on any atom is 0.0593 e. The van der Waals surface area contributed by atoms with Crippen LogP contribution in [0, 0.1) is 0 Å². The molecule has 3 heteroatoms. The highest BCUT2D eigenvalue weighted by Gasteiger charge is 2.11. The molecular formula is C9H20N2O. The fraction of sp³-hybridized carbons (Fsp3) is 1.00. The summed E-state index contributed by atoms with van der Waals surface area (Å²) >= 11 is 0. The molecule has 0 saturated carbocycles. The molecule has 1 fully saturated rings. The van der Waals surface area contributed by atoms with Crippen LogP contribution in [0.5, 0.6) is 0 Å². The van der Waals surface area contributed by atoms with E-state index in [0.29, 0.717) is 6.04 Å². The molecule has 0 aromatic heterocycles. The minimum absolute atomic E-state index is 0.336. The van der Waals surface area contributed by atoms with Gasteiger partial charge in [0.25, 0.3) is 0 Å². The minimum Gasteiger partial charge on any atom is -0.380 e. The molecule has 0 aliphatic carbocycles. The van der Waals surface area contributed by atoms with E-state index in [2.05, 4.69) is 11.8 Å². The summed E-state index contributed by atoms with van der Waals surface area (Å²) in [4.78, 5) is 2.40. The summed E-state index contributed by atoms with van der Waals surface area (Å²) in [5.74, 6) is 0. The molecule has 0 aromatic rings. The molecule has 0 aromatic carbocycles. The maximum absolute atomic E-state index is 5.87. The smallest absolute Gasteiger partial charge is 0.0593 e. The van der Waals surface area contributed by atoms with Gasteiger partial charge < -0.3 is 10.5 Å². The molecule has 1 rings (SSSR count). The number of nitrogens with two attached hydrogens (primary N) is 1. The second kappa shape index (κ2) is 5.51. The van der Waals surface area contributed by atoms with E-state index in [-0.39, 0.29) is 0 Å². The van der Waals surface area contributed by atoms with E-state index in [9.17, 15) is 0 Å². The van der Waals surface area contributed by atoms with Crippen LogP contribution in [0.15, 0.2) is 0 Å². The number of rotatable bonds is 3. The SMILES string of the molecule is CC[C@@H](N)CN1CCCOCC1. The second-order valence-corrected chi connectivity index (χ2v) is 3.43. The fourth-order valence-corrected chi connectivity index (χ4v) is 1.44. The van der Waals surface area contributed by atoms with Gasteiger partial charge in [0.05, 0.1) is 6.61 Å². The van der Waals surface area contributed by atoms with E-state index in [0.717, 1.165) is 45.7 Å². The van der Waals surface area contributed by atoms with Crippen LogP contribution in [-0.2, 0) is 4.74 Å². The Kier molecular flexibility index (Phi) is 4.58. The van der Waals surface area contributed by atoms with Crippen molar-refractivity contribution in [3.63, 3.8) is 0 Å². The predicted molar refractivity (Wildman–Crippen MR) is 50.1 cm³/mol. The van der Waals surface area contributed by atoms with E-state index in [4.69, 9.17) is 10.5 Å². The first kappa shape index (κ1) is 9.96. The quantitative estimate of drug-likeness (QED) is 0.671. The van der Waals surface area contributed by atoms with Crippen LogP contribution in [0.3, 0.4) is 0 Å². The third-order valence-electron chi connectivity index (χ3n) is 2.33. The van der Waals surface area contributed by atoms with Crippen molar-refractivity contribution < 1.29 is 4.74 Å². The van der Waals surface area contributed by atoms with Gasteiger partial charge in [0.2, 0.25) is 0 Å². The van der Waals surface area contributed by atoms with Crippen LogP contribution in [0.2, 0.25) is 0 Å². The predicted octanol–water partition coefficient (Wildman–Crippen LogP) is 0.446. The van der Waals surface area contributed by atoms with Gasteiger partial charge in [-0.1, -0.05) is 6.92 Å². The monoisotopic (exact) mass is 172 g/mol. The van der Waals surface area contributed by atoms with Crippen molar-refractivity contribution in [2.45, 2.75) is 25.8 Å². The topological polar surface area (TPSA) is 38.5 Å². The maximum atomic E-state index is 5.87. The normalized spacial score (nSPS) is 23.5. The lowest BCUT2D eigenvalue weighted by atomic mass is 10.2. The molecule has 72 valence electrons. The Morgan fingerprint density at radius 1 is 1.42 bits per heavy atom. The van der Waals surface area contributed by atoms with Crippen LogP contribution >= 0.6 is 0 Å². The van der Waals surface area contributed by atoms with Crippen LogP contribution in [0.4, 0.5) is 0 Å². The van der Waals surface area contributed by atoms with Crippen molar-refractivity contribution >= 4 is 0 Å². The van der Waals surface area contributed by atoms with Crippen LogP contribution in [-0.4, -0.2) is 43.8 Å². The van der Waals surface area contributed by atoms with Gasteiger partial charge in [-0.3, -0.25) is 4.90 Å². The fourth-order valence-electron chi connectivity index (χ4n) is 1.44. The first-order valence-corrected chi connectivity index (χ1v) is 4.88. The lowest BCUT2D eigenvalue weighted by molar-refractivity contribution is 0.140. The van der Waals surface area contributed by atoms with Crippen molar-refractivity contribution in [3.8, 4) is 0 Å². The Hall–Kier alpha value is -0.120. The van der Waals surface area contributed by atoms with Crippen molar-refractivity contribution in [1.82, 2.24) is 4.90 Å². The summed E-state index contributed by atoms with van der Waals surface area (Å²) in [5, 5.41) is 0. The third kappa shape index (κ3) is 3.52. The standard InChI is InChI=1S/C9H20N2O/c1-2-9(10)8-11-4-3-6-12-7-5-11/h9H,2-8,10H2,1H3/t9-/m1/s1. The molecule has 12 heavy (non-hydrogen) atoms. The van der Waals surface area contributed by atoms with Crippen molar-refractivity contribution in [2.75, 3.05) is 32.8 Å². The highest BCUT2D eigenvalue weighted by molar-refractivity contribution is 4.68.